The van der Waals surface area contributed by atoms with Gasteiger partial charge in [-0.3, -0.25) is 0 Å². The van der Waals surface area contributed by atoms with E-state index in [4.69, 9.17) is 4.52 Å². The van der Waals surface area contributed by atoms with Crippen LogP contribution < -0.4 is 5.32 Å². The second kappa shape index (κ2) is 5.53. The van der Waals surface area contributed by atoms with E-state index < -0.39 is 0 Å². The van der Waals surface area contributed by atoms with Crippen molar-refractivity contribution in [3.8, 4) is 0 Å². The number of hydrogen-bond acceptors (Lipinski definition) is 4. The Bertz CT molecular complexity index is 544. The van der Waals surface area contributed by atoms with E-state index >= 15 is 0 Å². The zero-order valence-corrected chi connectivity index (χ0v) is 11.2. The number of nitrogens with zero attached hydrogens (tertiary/aromatic N) is 2. The van der Waals surface area contributed by atoms with Crippen LogP contribution in [0.15, 0.2) is 28.8 Å². The van der Waals surface area contributed by atoms with Crippen molar-refractivity contribution in [3.63, 3.8) is 0 Å². The van der Waals surface area contributed by atoms with Gasteiger partial charge in [0.1, 0.15) is 0 Å². The number of aromatic nitrogens is 2. The fourth-order valence-electron chi connectivity index (χ4n) is 2.53. The molecular formula is C15H19N3O. The van der Waals surface area contributed by atoms with Gasteiger partial charge in [0.15, 0.2) is 5.82 Å². The van der Waals surface area contributed by atoms with E-state index in [0.29, 0.717) is 0 Å². The van der Waals surface area contributed by atoms with Crippen LogP contribution in [0.3, 0.4) is 0 Å². The summed E-state index contributed by atoms with van der Waals surface area (Å²) >= 11 is 0. The maximum Gasteiger partial charge on any atom is 0.227 e. The van der Waals surface area contributed by atoms with Gasteiger partial charge in [-0.25, -0.2) is 0 Å². The van der Waals surface area contributed by atoms with Crippen molar-refractivity contribution in [1.82, 2.24) is 15.5 Å². The number of benzene rings is 1. The Morgan fingerprint density at radius 3 is 3.11 bits per heavy atom. The Hall–Kier alpha value is -1.68. The first-order valence-corrected chi connectivity index (χ1v) is 6.93. The molecule has 0 aliphatic carbocycles. The van der Waals surface area contributed by atoms with Crippen LogP contribution in [0.4, 0.5) is 0 Å². The molecule has 1 aliphatic rings. The lowest BCUT2D eigenvalue weighted by atomic mass is 10.1. The van der Waals surface area contributed by atoms with Crippen LogP contribution in [0.25, 0.3) is 0 Å². The van der Waals surface area contributed by atoms with Crippen LogP contribution in [0, 0.1) is 6.92 Å². The Labute approximate surface area is 113 Å². The monoisotopic (exact) mass is 257 g/mol. The standard InChI is InChI=1S/C15H19N3O/c1-11-4-2-5-12(10-11)7-8-14-17-15(18-19-14)13-6-3-9-16-13/h2,4-5,10,13,16H,3,6-9H2,1H3. The largest absolute Gasteiger partial charge is 0.339 e. The lowest BCUT2D eigenvalue weighted by molar-refractivity contribution is 0.368. The molecule has 4 nitrogen and oxygen atoms in total. The second-order valence-corrected chi connectivity index (χ2v) is 5.18. The van der Waals surface area contributed by atoms with Crippen molar-refractivity contribution in [2.45, 2.75) is 38.6 Å². The summed E-state index contributed by atoms with van der Waals surface area (Å²) in [6.07, 6.45) is 4.05. The molecule has 0 radical (unpaired) electrons. The second-order valence-electron chi connectivity index (χ2n) is 5.18. The third-order valence-electron chi connectivity index (χ3n) is 3.57. The highest BCUT2D eigenvalue weighted by Gasteiger charge is 2.21. The van der Waals surface area contributed by atoms with Gasteiger partial charge in [-0.15, -0.1) is 0 Å². The minimum atomic E-state index is 0.288. The Balaban J connectivity index is 1.61. The summed E-state index contributed by atoms with van der Waals surface area (Å²) in [5.74, 6) is 1.56. The molecule has 100 valence electrons. The first-order valence-electron chi connectivity index (χ1n) is 6.93. The number of aryl methyl sites for hydroxylation is 3. The molecule has 1 N–H and O–H groups in total. The van der Waals surface area contributed by atoms with Crippen LogP contribution in [0.2, 0.25) is 0 Å². The Kier molecular flexibility index (Phi) is 3.60. The average molecular weight is 257 g/mol. The zero-order chi connectivity index (χ0) is 13.1. The summed E-state index contributed by atoms with van der Waals surface area (Å²) in [5, 5.41) is 7.46. The van der Waals surface area contributed by atoms with Gasteiger partial charge < -0.3 is 9.84 Å². The highest BCUT2D eigenvalue weighted by molar-refractivity contribution is 5.22. The Morgan fingerprint density at radius 2 is 2.32 bits per heavy atom. The molecule has 1 saturated heterocycles. The molecular weight excluding hydrogens is 238 g/mol. The third kappa shape index (κ3) is 3.01. The van der Waals surface area contributed by atoms with Crippen molar-refractivity contribution in [2.75, 3.05) is 6.54 Å². The summed E-state index contributed by atoms with van der Waals surface area (Å²) in [6.45, 7) is 3.16. The summed E-state index contributed by atoms with van der Waals surface area (Å²) in [5.41, 5.74) is 2.61. The van der Waals surface area contributed by atoms with E-state index in [1.165, 1.54) is 17.5 Å². The van der Waals surface area contributed by atoms with Crippen molar-refractivity contribution < 1.29 is 4.52 Å². The summed E-state index contributed by atoms with van der Waals surface area (Å²) < 4.78 is 5.33. The molecule has 2 aromatic rings. The lowest BCUT2D eigenvalue weighted by Crippen LogP contribution is -2.14. The van der Waals surface area contributed by atoms with Crippen molar-refractivity contribution >= 4 is 0 Å². The number of hydrogen-bond donors (Lipinski definition) is 1. The van der Waals surface area contributed by atoms with E-state index in [1.807, 2.05) is 0 Å². The minimum Gasteiger partial charge on any atom is -0.339 e. The van der Waals surface area contributed by atoms with Crippen LogP contribution in [0.5, 0.6) is 0 Å². The summed E-state index contributed by atoms with van der Waals surface area (Å²) in [7, 11) is 0. The van der Waals surface area contributed by atoms with Gasteiger partial charge in [0.25, 0.3) is 0 Å². The molecule has 1 atom stereocenters. The smallest absolute Gasteiger partial charge is 0.227 e. The predicted octanol–water partition coefficient (Wildman–Crippen LogP) is 2.59. The molecule has 3 rings (SSSR count). The van der Waals surface area contributed by atoms with Gasteiger partial charge in [-0.2, -0.15) is 4.98 Å². The van der Waals surface area contributed by atoms with Gasteiger partial charge in [-0.1, -0.05) is 35.0 Å². The molecule has 19 heavy (non-hydrogen) atoms. The van der Waals surface area contributed by atoms with E-state index in [2.05, 4.69) is 46.6 Å². The molecule has 1 aromatic heterocycles. The fraction of sp³-hybridized carbons (Fsp3) is 0.467. The van der Waals surface area contributed by atoms with Crippen LogP contribution >= 0.6 is 0 Å². The average Bonchev–Trinajstić information content (AvgIpc) is 3.07. The normalized spacial score (nSPS) is 18.9. The van der Waals surface area contributed by atoms with E-state index in [0.717, 1.165) is 37.5 Å². The first-order chi connectivity index (χ1) is 9.31. The summed E-state index contributed by atoms with van der Waals surface area (Å²) in [6, 6.07) is 8.84. The first kappa shape index (κ1) is 12.4. The topological polar surface area (TPSA) is 51.0 Å². The van der Waals surface area contributed by atoms with E-state index in [1.54, 1.807) is 0 Å². The third-order valence-corrected chi connectivity index (χ3v) is 3.57. The minimum absolute atomic E-state index is 0.288. The van der Waals surface area contributed by atoms with E-state index in [-0.39, 0.29) is 6.04 Å². The zero-order valence-electron chi connectivity index (χ0n) is 11.2. The van der Waals surface area contributed by atoms with Gasteiger partial charge >= 0.3 is 0 Å². The molecule has 0 bridgehead atoms. The van der Waals surface area contributed by atoms with Gasteiger partial charge in [0.2, 0.25) is 5.89 Å². The van der Waals surface area contributed by atoms with Gasteiger partial charge in [0, 0.05) is 6.42 Å². The van der Waals surface area contributed by atoms with Crippen molar-refractivity contribution in [2.24, 2.45) is 0 Å². The van der Waals surface area contributed by atoms with Gasteiger partial charge in [-0.05, 0) is 38.3 Å². The van der Waals surface area contributed by atoms with Gasteiger partial charge in [0.05, 0.1) is 6.04 Å². The van der Waals surface area contributed by atoms with E-state index in [9.17, 15) is 0 Å². The van der Waals surface area contributed by atoms with Crippen molar-refractivity contribution in [3.05, 3.63) is 47.1 Å². The molecule has 0 amide bonds. The molecule has 0 spiro atoms. The molecule has 0 saturated carbocycles. The molecule has 1 fully saturated rings. The lowest BCUT2D eigenvalue weighted by Gasteiger charge is -2.02. The summed E-state index contributed by atoms with van der Waals surface area (Å²) in [4.78, 5) is 4.49. The molecule has 1 aliphatic heterocycles. The highest BCUT2D eigenvalue weighted by Crippen LogP contribution is 2.20. The predicted molar refractivity (Wildman–Crippen MR) is 72.9 cm³/mol. The molecule has 4 heteroatoms. The maximum absolute atomic E-state index is 5.33. The van der Waals surface area contributed by atoms with Crippen LogP contribution in [-0.2, 0) is 12.8 Å². The molecule has 2 heterocycles. The number of nitrogens with one attached hydrogen (secondary N) is 1. The highest BCUT2D eigenvalue weighted by atomic mass is 16.5. The number of rotatable bonds is 4. The SMILES string of the molecule is Cc1cccc(CCc2nc(C3CCCN3)no2)c1. The van der Waals surface area contributed by atoms with Crippen molar-refractivity contribution in [1.29, 1.82) is 0 Å². The maximum atomic E-state index is 5.33. The quantitative estimate of drug-likeness (QED) is 0.914. The molecule has 1 aromatic carbocycles. The van der Waals surface area contributed by atoms with Crippen LogP contribution in [0.1, 0.15) is 41.7 Å². The Morgan fingerprint density at radius 1 is 1.37 bits per heavy atom. The van der Waals surface area contributed by atoms with Crippen LogP contribution in [-0.4, -0.2) is 16.7 Å². The fourth-order valence-corrected chi connectivity index (χ4v) is 2.53. The molecule has 1 unspecified atom stereocenters.